The van der Waals surface area contributed by atoms with Crippen LogP contribution in [0.4, 0.5) is 0 Å². The standard InChI is InChI=1S/C10H12O2S/c1-8(2)6-10(11)13-7-9-4-3-5-12-9/h3-6H,7H2,1-2H3. The summed E-state index contributed by atoms with van der Waals surface area (Å²) in [5.74, 6) is 1.44. The van der Waals surface area contributed by atoms with E-state index in [1.54, 1.807) is 12.3 Å². The fraction of sp³-hybridized carbons (Fsp3) is 0.300. The molecular formula is C10H12O2S. The van der Waals surface area contributed by atoms with Crippen LogP contribution in [0.25, 0.3) is 0 Å². The molecule has 0 saturated heterocycles. The Hall–Kier alpha value is -0.960. The number of carbonyl (C=O) groups excluding carboxylic acids is 1. The Balaban J connectivity index is 2.35. The van der Waals surface area contributed by atoms with Crippen LogP contribution in [0.5, 0.6) is 0 Å². The van der Waals surface area contributed by atoms with Crippen molar-refractivity contribution >= 4 is 16.9 Å². The van der Waals surface area contributed by atoms with Gasteiger partial charge in [0.05, 0.1) is 12.0 Å². The topological polar surface area (TPSA) is 30.2 Å². The Labute approximate surface area is 82.0 Å². The Morgan fingerprint density at radius 3 is 2.92 bits per heavy atom. The highest BCUT2D eigenvalue weighted by molar-refractivity contribution is 8.13. The highest BCUT2D eigenvalue weighted by atomic mass is 32.2. The van der Waals surface area contributed by atoms with E-state index in [0.29, 0.717) is 5.75 Å². The van der Waals surface area contributed by atoms with Gasteiger partial charge in [0.1, 0.15) is 5.76 Å². The van der Waals surface area contributed by atoms with Gasteiger partial charge in [0.15, 0.2) is 0 Å². The van der Waals surface area contributed by atoms with Crippen molar-refractivity contribution in [2.45, 2.75) is 19.6 Å². The van der Waals surface area contributed by atoms with Crippen molar-refractivity contribution in [2.24, 2.45) is 0 Å². The summed E-state index contributed by atoms with van der Waals surface area (Å²) in [6.07, 6.45) is 3.24. The fourth-order valence-electron chi connectivity index (χ4n) is 0.814. The lowest BCUT2D eigenvalue weighted by molar-refractivity contribution is -0.107. The lowest BCUT2D eigenvalue weighted by atomic mass is 10.3. The van der Waals surface area contributed by atoms with E-state index in [1.807, 2.05) is 26.0 Å². The second-order valence-electron chi connectivity index (χ2n) is 2.91. The predicted molar refractivity (Wildman–Crippen MR) is 54.4 cm³/mol. The van der Waals surface area contributed by atoms with Gasteiger partial charge in [-0.25, -0.2) is 0 Å². The van der Waals surface area contributed by atoms with E-state index in [1.165, 1.54) is 11.8 Å². The fourth-order valence-corrected chi connectivity index (χ4v) is 1.58. The van der Waals surface area contributed by atoms with Gasteiger partial charge in [0, 0.05) is 0 Å². The van der Waals surface area contributed by atoms with E-state index >= 15 is 0 Å². The van der Waals surface area contributed by atoms with Gasteiger partial charge in [-0.1, -0.05) is 17.3 Å². The molecule has 0 atom stereocenters. The minimum absolute atomic E-state index is 0.0800. The quantitative estimate of drug-likeness (QED) is 0.696. The van der Waals surface area contributed by atoms with Crippen LogP contribution in [0.1, 0.15) is 19.6 Å². The van der Waals surface area contributed by atoms with Gasteiger partial charge in [-0.15, -0.1) is 0 Å². The van der Waals surface area contributed by atoms with Crippen LogP contribution in [-0.2, 0) is 10.5 Å². The average Bonchev–Trinajstić information content (AvgIpc) is 2.51. The van der Waals surface area contributed by atoms with Crippen molar-refractivity contribution in [2.75, 3.05) is 0 Å². The first-order chi connectivity index (χ1) is 6.18. The number of allylic oxidation sites excluding steroid dienone is 1. The van der Waals surface area contributed by atoms with Gasteiger partial charge in [-0.2, -0.15) is 0 Å². The maximum atomic E-state index is 11.2. The Morgan fingerprint density at radius 2 is 2.38 bits per heavy atom. The number of hydrogen-bond acceptors (Lipinski definition) is 3. The monoisotopic (exact) mass is 196 g/mol. The van der Waals surface area contributed by atoms with E-state index in [-0.39, 0.29) is 5.12 Å². The molecule has 3 heteroatoms. The first kappa shape index (κ1) is 10.1. The lowest BCUT2D eigenvalue weighted by Crippen LogP contribution is -1.87. The largest absolute Gasteiger partial charge is 0.468 e. The molecule has 0 bridgehead atoms. The lowest BCUT2D eigenvalue weighted by Gasteiger charge is -1.93. The van der Waals surface area contributed by atoms with Crippen molar-refractivity contribution in [3.8, 4) is 0 Å². The summed E-state index contributed by atoms with van der Waals surface area (Å²) in [5, 5.41) is 0.0800. The molecule has 0 amide bonds. The van der Waals surface area contributed by atoms with Gasteiger partial charge in [0.25, 0.3) is 0 Å². The van der Waals surface area contributed by atoms with Gasteiger partial charge in [-0.05, 0) is 32.1 Å². The maximum absolute atomic E-state index is 11.2. The summed E-state index contributed by atoms with van der Waals surface area (Å²) in [6, 6.07) is 3.68. The summed E-state index contributed by atoms with van der Waals surface area (Å²) in [6.45, 7) is 3.82. The molecule has 0 fully saturated rings. The molecule has 0 unspecified atom stereocenters. The molecule has 70 valence electrons. The van der Waals surface area contributed by atoms with Gasteiger partial charge < -0.3 is 4.42 Å². The Bertz CT molecular complexity index is 295. The van der Waals surface area contributed by atoms with Crippen LogP contribution in [-0.4, -0.2) is 5.12 Å². The third-order valence-electron chi connectivity index (χ3n) is 1.34. The second kappa shape index (κ2) is 4.92. The minimum Gasteiger partial charge on any atom is -0.468 e. The zero-order valence-corrected chi connectivity index (χ0v) is 8.56. The Kier molecular flexibility index (Phi) is 3.83. The molecule has 1 aromatic rings. The summed E-state index contributed by atoms with van der Waals surface area (Å²) in [5.41, 5.74) is 1.02. The van der Waals surface area contributed by atoms with Gasteiger partial charge in [-0.3, -0.25) is 4.79 Å². The average molecular weight is 196 g/mol. The first-order valence-corrected chi connectivity index (χ1v) is 5.01. The summed E-state index contributed by atoms with van der Waals surface area (Å²) >= 11 is 1.25. The minimum atomic E-state index is 0.0800. The SMILES string of the molecule is CC(C)=CC(=O)SCc1ccco1. The number of rotatable bonds is 3. The third-order valence-corrected chi connectivity index (χ3v) is 2.17. The normalized spacial score (nSPS) is 9.69. The van der Waals surface area contributed by atoms with Crippen molar-refractivity contribution in [1.82, 2.24) is 0 Å². The molecule has 0 N–H and O–H groups in total. The van der Waals surface area contributed by atoms with Crippen LogP contribution in [0.3, 0.4) is 0 Å². The van der Waals surface area contributed by atoms with Gasteiger partial charge >= 0.3 is 0 Å². The number of thioether (sulfide) groups is 1. The Morgan fingerprint density at radius 1 is 1.62 bits per heavy atom. The van der Waals surface area contributed by atoms with E-state index < -0.39 is 0 Å². The second-order valence-corrected chi connectivity index (χ2v) is 3.89. The van der Waals surface area contributed by atoms with Crippen molar-refractivity contribution in [3.05, 3.63) is 35.8 Å². The first-order valence-electron chi connectivity index (χ1n) is 4.02. The zero-order chi connectivity index (χ0) is 9.68. The molecule has 0 saturated carbocycles. The molecule has 0 aliphatic heterocycles. The van der Waals surface area contributed by atoms with E-state index in [0.717, 1.165) is 11.3 Å². The number of carbonyl (C=O) groups is 1. The predicted octanol–water partition coefficient (Wildman–Crippen LogP) is 3.01. The number of hydrogen-bond donors (Lipinski definition) is 0. The van der Waals surface area contributed by atoms with Crippen molar-refractivity contribution in [1.29, 1.82) is 0 Å². The van der Waals surface area contributed by atoms with Crippen LogP contribution in [0.15, 0.2) is 34.5 Å². The molecule has 0 spiro atoms. The molecule has 0 aliphatic rings. The molecule has 1 aromatic heterocycles. The van der Waals surface area contributed by atoms with Crippen LogP contribution < -0.4 is 0 Å². The number of furan rings is 1. The highest BCUT2D eigenvalue weighted by Crippen LogP contribution is 2.14. The molecule has 0 aliphatic carbocycles. The summed E-state index contributed by atoms with van der Waals surface area (Å²) in [4.78, 5) is 11.2. The smallest absolute Gasteiger partial charge is 0.212 e. The molecule has 0 aromatic carbocycles. The van der Waals surface area contributed by atoms with Crippen molar-refractivity contribution < 1.29 is 9.21 Å². The van der Waals surface area contributed by atoms with Crippen LogP contribution >= 0.6 is 11.8 Å². The molecule has 2 nitrogen and oxygen atoms in total. The summed E-state index contributed by atoms with van der Waals surface area (Å²) < 4.78 is 5.10. The van der Waals surface area contributed by atoms with E-state index in [2.05, 4.69) is 0 Å². The van der Waals surface area contributed by atoms with Crippen LogP contribution in [0, 0.1) is 0 Å². The zero-order valence-electron chi connectivity index (χ0n) is 7.74. The molecule has 13 heavy (non-hydrogen) atoms. The maximum Gasteiger partial charge on any atom is 0.212 e. The van der Waals surface area contributed by atoms with E-state index in [4.69, 9.17) is 4.42 Å². The molecule has 1 heterocycles. The van der Waals surface area contributed by atoms with Crippen molar-refractivity contribution in [3.63, 3.8) is 0 Å². The van der Waals surface area contributed by atoms with Gasteiger partial charge in [0.2, 0.25) is 5.12 Å². The van der Waals surface area contributed by atoms with E-state index in [9.17, 15) is 4.79 Å². The molecule has 1 rings (SSSR count). The third kappa shape index (κ3) is 3.99. The summed E-state index contributed by atoms with van der Waals surface area (Å²) in [7, 11) is 0. The molecule has 0 radical (unpaired) electrons. The molecular weight excluding hydrogens is 184 g/mol. The van der Waals surface area contributed by atoms with Crippen LogP contribution in [0.2, 0.25) is 0 Å². The highest BCUT2D eigenvalue weighted by Gasteiger charge is 2.01.